The summed E-state index contributed by atoms with van der Waals surface area (Å²) < 4.78 is 26.6. The molecule has 1 saturated heterocycles. The highest BCUT2D eigenvalue weighted by molar-refractivity contribution is 5.73. The van der Waals surface area contributed by atoms with Crippen LogP contribution in [0.25, 0.3) is 0 Å². The fourth-order valence-corrected chi connectivity index (χ4v) is 2.17. The summed E-state index contributed by atoms with van der Waals surface area (Å²) in [5.41, 5.74) is 0.205. The Kier molecular flexibility index (Phi) is 3.38. The first kappa shape index (κ1) is 12.0. The molecule has 2 unspecified atom stereocenters. The molecular weight excluding hydrogens is 228 g/mol. The summed E-state index contributed by atoms with van der Waals surface area (Å²) in [5, 5.41) is 11.7. The quantitative estimate of drug-likeness (QED) is 0.834. The van der Waals surface area contributed by atoms with Crippen molar-refractivity contribution in [3.63, 3.8) is 0 Å². The second kappa shape index (κ2) is 4.79. The van der Waals surface area contributed by atoms with Crippen molar-refractivity contribution in [2.24, 2.45) is 0 Å². The van der Waals surface area contributed by atoms with E-state index in [9.17, 15) is 13.6 Å². The zero-order chi connectivity index (χ0) is 12.4. The first-order valence-electron chi connectivity index (χ1n) is 5.52. The van der Waals surface area contributed by atoms with Gasteiger partial charge in [0.2, 0.25) is 0 Å². The lowest BCUT2D eigenvalue weighted by Gasteiger charge is -2.29. The van der Waals surface area contributed by atoms with E-state index in [1.807, 2.05) is 0 Å². The molecule has 1 aliphatic heterocycles. The van der Waals surface area contributed by atoms with Crippen molar-refractivity contribution in [3.8, 4) is 0 Å². The third-order valence-electron chi connectivity index (χ3n) is 3.04. The van der Waals surface area contributed by atoms with Crippen molar-refractivity contribution < 1.29 is 18.7 Å². The maximum Gasteiger partial charge on any atom is 0.320 e. The third-order valence-corrected chi connectivity index (χ3v) is 3.04. The van der Waals surface area contributed by atoms with Crippen molar-refractivity contribution in [2.45, 2.75) is 31.3 Å². The molecule has 3 nitrogen and oxygen atoms in total. The number of benzene rings is 1. The minimum Gasteiger partial charge on any atom is -0.480 e. The van der Waals surface area contributed by atoms with Crippen LogP contribution in [0.5, 0.6) is 0 Å². The molecule has 92 valence electrons. The molecule has 1 heterocycles. The summed E-state index contributed by atoms with van der Waals surface area (Å²) in [5.74, 6) is -2.75. The maximum atomic E-state index is 13.6. The molecule has 1 aliphatic rings. The first-order chi connectivity index (χ1) is 8.09. The lowest BCUT2D eigenvalue weighted by molar-refractivity contribution is -0.140. The molecule has 0 aromatic heterocycles. The number of hydrogen-bond acceptors (Lipinski definition) is 2. The normalized spacial score (nSPS) is 24.6. The lowest BCUT2D eigenvalue weighted by atomic mass is 9.93. The second-order valence-electron chi connectivity index (χ2n) is 4.18. The topological polar surface area (TPSA) is 49.3 Å². The van der Waals surface area contributed by atoms with E-state index in [2.05, 4.69) is 5.32 Å². The molecule has 5 heteroatoms. The molecule has 1 fully saturated rings. The minimum absolute atomic E-state index is 0.205. The van der Waals surface area contributed by atoms with Gasteiger partial charge < -0.3 is 5.11 Å². The molecule has 2 atom stereocenters. The summed E-state index contributed by atoms with van der Waals surface area (Å²) >= 11 is 0. The molecule has 0 amide bonds. The van der Waals surface area contributed by atoms with Gasteiger partial charge in [-0.05, 0) is 25.3 Å². The van der Waals surface area contributed by atoms with Crippen molar-refractivity contribution in [1.82, 2.24) is 5.32 Å². The summed E-state index contributed by atoms with van der Waals surface area (Å²) in [7, 11) is 0. The predicted octanol–water partition coefficient (Wildman–Crippen LogP) is 2.23. The molecular formula is C12H13F2NO2. The average Bonchev–Trinajstić information content (AvgIpc) is 2.33. The Bertz CT molecular complexity index is 437. The number of nitrogens with one attached hydrogen (secondary N) is 1. The van der Waals surface area contributed by atoms with Gasteiger partial charge >= 0.3 is 5.97 Å². The van der Waals surface area contributed by atoms with Crippen LogP contribution in [0.3, 0.4) is 0 Å². The smallest absolute Gasteiger partial charge is 0.320 e. The van der Waals surface area contributed by atoms with Gasteiger partial charge in [0.15, 0.2) is 11.6 Å². The Morgan fingerprint density at radius 1 is 1.35 bits per heavy atom. The van der Waals surface area contributed by atoms with Gasteiger partial charge in [0, 0.05) is 11.6 Å². The van der Waals surface area contributed by atoms with Gasteiger partial charge in [-0.2, -0.15) is 0 Å². The number of carboxylic acid groups (broad SMARTS) is 1. The van der Waals surface area contributed by atoms with Gasteiger partial charge in [-0.15, -0.1) is 0 Å². The van der Waals surface area contributed by atoms with E-state index >= 15 is 0 Å². The van der Waals surface area contributed by atoms with Crippen LogP contribution >= 0.6 is 0 Å². The SMILES string of the molecule is O=C(O)C1CCCC(c2cccc(F)c2F)N1. The number of hydrogen-bond donors (Lipinski definition) is 2. The molecule has 1 aromatic carbocycles. The van der Waals surface area contributed by atoms with Gasteiger partial charge in [-0.25, -0.2) is 8.78 Å². The number of carboxylic acids is 1. The number of carbonyl (C=O) groups is 1. The van der Waals surface area contributed by atoms with Crippen LogP contribution in [0.1, 0.15) is 30.9 Å². The van der Waals surface area contributed by atoms with Crippen molar-refractivity contribution in [3.05, 3.63) is 35.4 Å². The average molecular weight is 241 g/mol. The highest BCUT2D eigenvalue weighted by atomic mass is 19.2. The van der Waals surface area contributed by atoms with Gasteiger partial charge in [0.1, 0.15) is 6.04 Å². The van der Waals surface area contributed by atoms with E-state index < -0.39 is 29.7 Å². The van der Waals surface area contributed by atoms with Crippen LogP contribution in [0.4, 0.5) is 8.78 Å². The summed E-state index contributed by atoms with van der Waals surface area (Å²) in [4.78, 5) is 10.9. The molecule has 1 aromatic rings. The predicted molar refractivity (Wildman–Crippen MR) is 57.5 cm³/mol. The van der Waals surface area contributed by atoms with E-state index in [-0.39, 0.29) is 5.56 Å². The zero-order valence-electron chi connectivity index (χ0n) is 9.12. The fourth-order valence-electron chi connectivity index (χ4n) is 2.17. The Labute approximate surface area is 97.5 Å². The standard InChI is InChI=1S/C12H13F2NO2/c13-8-4-1-3-7(11(8)14)9-5-2-6-10(15-9)12(16)17/h1,3-4,9-10,15H,2,5-6H2,(H,16,17). The number of rotatable bonds is 2. The van der Waals surface area contributed by atoms with E-state index in [1.165, 1.54) is 12.1 Å². The molecule has 0 spiro atoms. The number of aliphatic carboxylic acids is 1. The Hall–Kier alpha value is -1.49. The summed E-state index contributed by atoms with van der Waals surface area (Å²) in [6.07, 6.45) is 1.82. The van der Waals surface area contributed by atoms with Crippen molar-refractivity contribution in [2.75, 3.05) is 0 Å². The van der Waals surface area contributed by atoms with Crippen LogP contribution in [-0.4, -0.2) is 17.1 Å². The zero-order valence-corrected chi connectivity index (χ0v) is 9.12. The van der Waals surface area contributed by atoms with Crippen LogP contribution < -0.4 is 5.32 Å². The molecule has 2 N–H and O–H groups in total. The molecule has 17 heavy (non-hydrogen) atoms. The van der Waals surface area contributed by atoms with Gasteiger partial charge in [0.25, 0.3) is 0 Å². The largest absolute Gasteiger partial charge is 0.480 e. The summed E-state index contributed by atoms with van der Waals surface area (Å²) in [6.45, 7) is 0. The van der Waals surface area contributed by atoms with Gasteiger partial charge in [-0.1, -0.05) is 12.1 Å². The first-order valence-corrected chi connectivity index (χ1v) is 5.52. The molecule has 0 bridgehead atoms. The molecule has 0 saturated carbocycles. The van der Waals surface area contributed by atoms with Gasteiger partial charge in [0.05, 0.1) is 0 Å². The monoisotopic (exact) mass is 241 g/mol. The third kappa shape index (κ3) is 2.44. The Balaban J connectivity index is 2.22. The van der Waals surface area contributed by atoms with E-state index in [1.54, 1.807) is 0 Å². The van der Waals surface area contributed by atoms with Crippen LogP contribution in [0, 0.1) is 11.6 Å². The maximum absolute atomic E-state index is 13.6. The fraction of sp³-hybridized carbons (Fsp3) is 0.417. The van der Waals surface area contributed by atoms with E-state index in [0.717, 1.165) is 6.07 Å². The van der Waals surface area contributed by atoms with E-state index in [0.29, 0.717) is 19.3 Å². The molecule has 0 aliphatic carbocycles. The van der Waals surface area contributed by atoms with Crippen LogP contribution in [0.2, 0.25) is 0 Å². The van der Waals surface area contributed by atoms with Crippen molar-refractivity contribution in [1.29, 1.82) is 0 Å². The van der Waals surface area contributed by atoms with Crippen LogP contribution in [-0.2, 0) is 4.79 Å². The minimum atomic E-state index is -0.952. The number of halogens is 2. The van der Waals surface area contributed by atoms with E-state index in [4.69, 9.17) is 5.11 Å². The summed E-state index contributed by atoms with van der Waals surface area (Å²) in [6, 6.07) is 2.85. The second-order valence-corrected chi connectivity index (χ2v) is 4.18. The highest BCUT2D eigenvalue weighted by Gasteiger charge is 2.28. The number of piperidine rings is 1. The van der Waals surface area contributed by atoms with Crippen molar-refractivity contribution >= 4 is 5.97 Å². The highest BCUT2D eigenvalue weighted by Crippen LogP contribution is 2.28. The van der Waals surface area contributed by atoms with Crippen LogP contribution in [0.15, 0.2) is 18.2 Å². The molecule has 2 rings (SSSR count). The van der Waals surface area contributed by atoms with Gasteiger partial charge in [-0.3, -0.25) is 10.1 Å². The Morgan fingerprint density at radius 3 is 2.82 bits per heavy atom. The Morgan fingerprint density at radius 2 is 2.12 bits per heavy atom. The molecule has 0 radical (unpaired) electrons. The lowest BCUT2D eigenvalue weighted by Crippen LogP contribution is -2.42.